The Bertz CT molecular complexity index is 890. The highest BCUT2D eigenvalue weighted by Crippen LogP contribution is 2.29. The van der Waals surface area contributed by atoms with E-state index in [9.17, 15) is 0 Å². The van der Waals surface area contributed by atoms with Gasteiger partial charge in [0.05, 0.1) is 16.7 Å². The lowest BCUT2D eigenvalue weighted by molar-refractivity contribution is 0.313. The highest BCUT2D eigenvalue weighted by atomic mass is 15.2. The van der Waals surface area contributed by atoms with Gasteiger partial charge >= 0.3 is 0 Å². The Labute approximate surface area is 149 Å². The number of nitrogens with one attached hydrogen (secondary N) is 1. The molecule has 0 spiro atoms. The van der Waals surface area contributed by atoms with Crippen molar-refractivity contribution in [3.63, 3.8) is 0 Å². The number of likely N-dealkylation sites (N-methyl/N-ethyl adjacent to an activating group) is 1. The van der Waals surface area contributed by atoms with E-state index < -0.39 is 0 Å². The zero-order valence-electron chi connectivity index (χ0n) is 15.5. The van der Waals surface area contributed by atoms with Crippen LogP contribution in [0.25, 0.3) is 21.9 Å². The van der Waals surface area contributed by atoms with Gasteiger partial charge in [-0.3, -0.25) is 4.98 Å². The Morgan fingerprint density at radius 3 is 2.68 bits per heavy atom. The van der Waals surface area contributed by atoms with Crippen molar-refractivity contribution in [2.75, 3.05) is 38.1 Å². The van der Waals surface area contributed by atoms with Gasteiger partial charge < -0.3 is 14.8 Å². The summed E-state index contributed by atoms with van der Waals surface area (Å²) in [6.45, 7) is 8.66. The van der Waals surface area contributed by atoms with Crippen molar-refractivity contribution in [2.24, 2.45) is 0 Å². The van der Waals surface area contributed by atoms with Gasteiger partial charge in [0.1, 0.15) is 11.3 Å². The number of unbranched alkanes of at least 4 members (excludes halogenated alkanes) is 1. The van der Waals surface area contributed by atoms with E-state index in [0.29, 0.717) is 0 Å². The van der Waals surface area contributed by atoms with Crippen LogP contribution in [0.15, 0.2) is 18.2 Å². The first-order valence-corrected chi connectivity index (χ1v) is 9.38. The lowest BCUT2D eigenvalue weighted by Gasteiger charge is -2.34. The number of rotatable bonds is 4. The minimum atomic E-state index is 1.00. The SMILES string of the molecule is CCCCc1nc2c(C)nc3ccc(N4CCN(C)CC4)cc3c2[nH]1. The summed E-state index contributed by atoms with van der Waals surface area (Å²) in [6, 6.07) is 6.65. The van der Waals surface area contributed by atoms with Gasteiger partial charge in [0.2, 0.25) is 0 Å². The maximum atomic E-state index is 4.81. The fraction of sp³-hybridized carbons (Fsp3) is 0.500. The molecule has 0 bridgehead atoms. The Balaban J connectivity index is 1.78. The summed E-state index contributed by atoms with van der Waals surface area (Å²) >= 11 is 0. The lowest BCUT2D eigenvalue weighted by atomic mass is 10.1. The zero-order valence-corrected chi connectivity index (χ0v) is 15.5. The number of hydrogen-bond acceptors (Lipinski definition) is 4. The van der Waals surface area contributed by atoms with Crippen LogP contribution in [-0.4, -0.2) is 53.1 Å². The summed E-state index contributed by atoms with van der Waals surface area (Å²) in [4.78, 5) is 18.0. The molecule has 0 unspecified atom stereocenters. The number of aromatic nitrogens is 3. The molecule has 1 saturated heterocycles. The number of piperazine rings is 1. The summed E-state index contributed by atoms with van der Waals surface area (Å²) in [6.07, 6.45) is 3.35. The highest BCUT2D eigenvalue weighted by molar-refractivity contribution is 6.04. The molecule has 25 heavy (non-hydrogen) atoms. The minimum absolute atomic E-state index is 1.00. The van der Waals surface area contributed by atoms with E-state index in [1.54, 1.807) is 0 Å². The minimum Gasteiger partial charge on any atom is -0.369 e. The molecule has 1 fully saturated rings. The quantitative estimate of drug-likeness (QED) is 0.791. The molecule has 0 aliphatic carbocycles. The largest absolute Gasteiger partial charge is 0.369 e. The second-order valence-corrected chi connectivity index (χ2v) is 7.20. The van der Waals surface area contributed by atoms with Crippen LogP contribution in [0.2, 0.25) is 0 Å². The molecule has 132 valence electrons. The van der Waals surface area contributed by atoms with E-state index in [1.165, 1.54) is 17.5 Å². The van der Waals surface area contributed by atoms with Crippen LogP contribution >= 0.6 is 0 Å². The molecule has 3 heterocycles. The number of fused-ring (bicyclic) bond motifs is 3. The van der Waals surface area contributed by atoms with E-state index >= 15 is 0 Å². The molecule has 0 amide bonds. The summed E-state index contributed by atoms with van der Waals surface area (Å²) in [5.41, 5.74) is 5.51. The van der Waals surface area contributed by atoms with Gasteiger partial charge in [0, 0.05) is 43.7 Å². The molecule has 1 aliphatic rings. The van der Waals surface area contributed by atoms with Crippen LogP contribution in [0.3, 0.4) is 0 Å². The molecule has 0 saturated carbocycles. The second kappa shape index (κ2) is 6.64. The summed E-state index contributed by atoms with van der Waals surface area (Å²) in [5, 5.41) is 1.19. The second-order valence-electron chi connectivity index (χ2n) is 7.20. The Kier molecular flexibility index (Phi) is 4.34. The molecular weight excluding hydrogens is 310 g/mol. The molecule has 4 rings (SSSR count). The Hall–Kier alpha value is -2.14. The van der Waals surface area contributed by atoms with Crippen molar-refractivity contribution in [1.82, 2.24) is 19.9 Å². The number of aromatic amines is 1. The smallest absolute Gasteiger partial charge is 0.110 e. The molecule has 2 aromatic heterocycles. The molecule has 0 radical (unpaired) electrons. The molecule has 1 N–H and O–H groups in total. The predicted molar refractivity (Wildman–Crippen MR) is 104 cm³/mol. The number of imidazole rings is 1. The summed E-state index contributed by atoms with van der Waals surface area (Å²) in [7, 11) is 2.19. The van der Waals surface area contributed by atoms with E-state index in [1.807, 2.05) is 0 Å². The van der Waals surface area contributed by atoms with Crippen LogP contribution in [0, 0.1) is 6.92 Å². The van der Waals surface area contributed by atoms with Crippen molar-refractivity contribution >= 4 is 27.6 Å². The number of nitrogens with zero attached hydrogens (tertiary/aromatic N) is 4. The van der Waals surface area contributed by atoms with Crippen molar-refractivity contribution in [1.29, 1.82) is 0 Å². The summed E-state index contributed by atoms with van der Waals surface area (Å²) in [5.74, 6) is 1.08. The highest BCUT2D eigenvalue weighted by Gasteiger charge is 2.16. The number of hydrogen-bond donors (Lipinski definition) is 1. The number of H-pyrrole nitrogens is 1. The Morgan fingerprint density at radius 1 is 1.12 bits per heavy atom. The van der Waals surface area contributed by atoms with Crippen LogP contribution in [0.5, 0.6) is 0 Å². The van der Waals surface area contributed by atoms with Gasteiger partial charge in [-0.1, -0.05) is 13.3 Å². The van der Waals surface area contributed by atoms with E-state index in [2.05, 4.69) is 53.9 Å². The summed E-state index contributed by atoms with van der Waals surface area (Å²) < 4.78 is 0. The van der Waals surface area contributed by atoms with Crippen molar-refractivity contribution < 1.29 is 0 Å². The molecule has 5 nitrogen and oxygen atoms in total. The third-order valence-electron chi connectivity index (χ3n) is 5.27. The fourth-order valence-electron chi connectivity index (χ4n) is 3.66. The molecular formula is C20H27N5. The van der Waals surface area contributed by atoms with Gasteiger partial charge in [-0.05, 0) is 38.6 Å². The lowest BCUT2D eigenvalue weighted by Crippen LogP contribution is -2.44. The van der Waals surface area contributed by atoms with Crippen LogP contribution in [0.4, 0.5) is 5.69 Å². The average molecular weight is 337 g/mol. The monoisotopic (exact) mass is 337 g/mol. The van der Waals surface area contributed by atoms with Crippen LogP contribution in [-0.2, 0) is 6.42 Å². The third kappa shape index (κ3) is 3.09. The molecule has 3 aromatic rings. The molecule has 1 aromatic carbocycles. The van der Waals surface area contributed by atoms with Crippen molar-refractivity contribution in [2.45, 2.75) is 33.1 Å². The van der Waals surface area contributed by atoms with Crippen LogP contribution in [0.1, 0.15) is 31.3 Å². The first kappa shape index (κ1) is 16.3. The van der Waals surface area contributed by atoms with E-state index in [-0.39, 0.29) is 0 Å². The van der Waals surface area contributed by atoms with Gasteiger partial charge in [0.15, 0.2) is 0 Å². The number of benzene rings is 1. The topological polar surface area (TPSA) is 48.1 Å². The molecule has 5 heteroatoms. The first-order valence-electron chi connectivity index (χ1n) is 9.38. The van der Waals surface area contributed by atoms with Gasteiger partial charge in [-0.15, -0.1) is 0 Å². The third-order valence-corrected chi connectivity index (χ3v) is 5.27. The predicted octanol–water partition coefficient (Wildman–Crippen LogP) is 3.51. The van der Waals surface area contributed by atoms with Crippen molar-refractivity contribution in [3.05, 3.63) is 29.7 Å². The maximum Gasteiger partial charge on any atom is 0.110 e. The number of anilines is 1. The molecule has 0 atom stereocenters. The fourth-order valence-corrected chi connectivity index (χ4v) is 3.66. The maximum absolute atomic E-state index is 4.81. The van der Waals surface area contributed by atoms with Gasteiger partial charge in [0.25, 0.3) is 0 Å². The van der Waals surface area contributed by atoms with Crippen LogP contribution < -0.4 is 4.90 Å². The standard InChI is InChI=1S/C20H27N5/c1-4-5-6-18-22-19-14(2)21-17-8-7-15(13-16(17)20(19)23-18)25-11-9-24(3)10-12-25/h7-8,13H,4-6,9-12H2,1-3H3,(H,22,23). The average Bonchev–Trinajstić information content (AvgIpc) is 3.06. The zero-order chi connectivity index (χ0) is 17.4. The number of aryl methyl sites for hydroxylation is 2. The van der Waals surface area contributed by atoms with Crippen molar-refractivity contribution in [3.8, 4) is 0 Å². The van der Waals surface area contributed by atoms with E-state index in [0.717, 1.165) is 67.1 Å². The molecule has 1 aliphatic heterocycles. The number of pyridine rings is 1. The van der Waals surface area contributed by atoms with E-state index in [4.69, 9.17) is 9.97 Å². The normalized spacial score (nSPS) is 16.2. The van der Waals surface area contributed by atoms with Gasteiger partial charge in [-0.2, -0.15) is 0 Å². The Morgan fingerprint density at radius 2 is 1.92 bits per heavy atom. The first-order chi connectivity index (χ1) is 12.2. The van der Waals surface area contributed by atoms with Gasteiger partial charge in [-0.25, -0.2) is 4.98 Å².